The number of benzene rings is 4. The van der Waals surface area contributed by atoms with Gasteiger partial charge in [0.2, 0.25) is 13.6 Å². The molecule has 6 heteroatoms. The maximum atomic E-state index is 5.74. The summed E-state index contributed by atoms with van der Waals surface area (Å²) in [6, 6.07) is 34.1. The SMILES string of the molecule is Cc1ccc(-n2c(-c3ccc4c(c3)OCO4)cc3c2cc(-c2ccc4c(c2)OCO4)n3-c2ccc(C)cc2)cc1. The lowest BCUT2D eigenvalue weighted by molar-refractivity contribution is 0.173. The highest BCUT2D eigenvalue weighted by atomic mass is 16.7. The summed E-state index contributed by atoms with van der Waals surface area (Å²) in [5.74, 6) is 3.08. The first-order chi connectivity index (χ1) is 19.6. The summed E-state index contributed by atoms with van der Waals surface area (Å²) in [7, 11) is 0. The van der Waals surface area contributed by atoms with Gasteiger partial charge < -0.3 is 28.1 Å². The number of hydrogen-bond donors (Lipinski definition) is 0. The van der Waals surface area contributed by atoms with Gasteiger partial charge in [0, 0.05) is 22.5 Å². The molecule has 0 radical (unpaired) electrons. The average molecular weight is 527 g/mol. The summed E-state index contributed by atoms with van der Waals surface area (Å²) < 4.78 is 27.3. The first-order valence-corrected chi connectivity index (χ1v) is 13.3. The van der Waals surface area contributed by atoms with Crippen LogP contribution in [0.1, 0.15) is 11.1 Å². The fourth-order valence-corrected chi connectivity index (χ4v) is 5.63. The van der Waals surface area contributed by atoms with Gasteiger partial charge in [0.15, 0.2) is 23.0 Å². The molecule has 6 aromatic rings. The molecule has 0 fully saturated rings. The van der Waals surface area contributed by atoms with E-state index >= 15 is 0 Å². The number of aryl methyl sites for hydroxylation is 2. The Morgan fingerprint density at radius 1 is 0.450 bits per heavy atom. The predicted molar refractivity (Wildman–Crippen MR) is 155 cm³/mol. The van der Waals surface area contributed by atoms with E-state index in [1.165, 1.54) is 11.1 Å². The van der Waals surface area contributed by atoms with Crippen LogP contribution < -0.4 is 18.9 Å². The lowest BCUT2D eigenvalue weighted by atomic mass is 10.1. The number of hydrogen-bond acceptors (Lipinski definition) is 4. The van der Waals surface area contributed by atoms with Crippen LogP contribution in [0.5, 0.6) is 23.0 Å². The van der Waals surface area contributed by atoms with E-state index in [1.54, 1.807) is 0 Å². The van der Waals surface area contributed by atoms with E-state index in [9.17, 15) is 0 Å². The van der Waals surface area contributed by atoms with Crippen LogP contribution in [0.4, 0.5) is 0 Å². The van der Waals surface area contributed by atoms with Crippen molar-refractivity contribution in [2.45, 2.75) is 13.8 Å². The second-order valence-corrected chi connectivity index (χ2v) is 10.3. The molecular weight excluding hydrogens is 500 g/mol. The summed E-state index contributed by atoms with van der Waals surface area (Å²) in [5, 5.41) is 0. The molecule has 0 N–H and O–H groups in total. The normalized spacial score (nSPS) is 13.3. The fourth-order valence-electron chi connectivity index (χ4n) is 5.63. The summed E-state index contributed by atoms with van der Waals surface area (Å²) in [4.78, 5) is 0. The number of rotatable bonds is 4. The third-order valence-corrected chi connectivity index (χ3v) is 7.69. The second kappa shape index (κ2) is 8.71. The molecule has 0 bridgehead atoms. The van der Waals surface area contributed by atoms with Crippen molar-refractivity contribution in [2.24, 2.45) is 0 Å². The van der Waals surface area contributed by atoms with Gasteiger partial charge in [-0.2, -0.15) is 0 Å². The molecule has 0 amide bonds. The Morgan fingerprint density at radius 3 is 1.27 bits per heavy atom. The van der Waals surface area contributed by atoms with Gasteiger partial charge in [-0.05, 0) is 86.6 Å². The zero-order valence-electron chi connectivity index (χ0n) is 22.2. The molecule has 0 atom stereocenters. The summed E-state index contributed by atoms with van der Waals surface area (Å²) in [6.07, 6.45) is 0. The van der Waals surface area contributed by atoms with Gasteiger partial charge >= 0.3 is 0 Å². The number of aromatic nitrogens is 2. The van der Waals surface area contributed by atoms with Gasteiger partial charge in [0.1, 0.15) is 0 Å². The maximum Gasteiger partial charge on any atom is 0.231 e. The third kappa shape index (κ3) is 3.57. The van der Waals surface area contributed by atoms with E-state index < -0.39 is 0 Å². The quantitative estimate of drug-likeness (QED) is 0.235. The molecule has 2 aliphatic heterocycles. The maximum absolute atomic E-state index is 5.74. The van der Waals surface area contributed by atoms with Gasteiger partial charge in [-0.3, -0.25) is 0 Å². The molecular formula is C34H26N2O4. The standard InChI is InChI=1S/C34H26N2O4/c1-21-3-9-25(10-4-21)35-27(23-7-13-31-33(15-23)39-19-37-31)17-30-29(35)18-28(36(30)26-11-5-22(2)6-12-26)24-8-14-32-34(16-24)40-20-38-32/h3-18H,19-20H2,1-2H3. The van der Waals surface area contributed by atoms with E-state index in [0.717, 1.165) is 67.9 Å². The molecule has 40 heavy (non-hydrogen) atoms. The molecule has 196 valence electrons. The van der Waals surface area contributed by atoms with E-state index in [2.05, 4.69) is 108 Å². The summed E-state index contributed by atoms with van der Waals surface area (Å²) >= 11 is 0. The van der Waals surface area contributed by atoms with Gasteiger partial charge in [-0.15, -0.1) is 0 Å². The van der Waals surface area contributed by atoms with Crippen LogP contribution in [-0.4, -0.2) is 22.7 Å². The van der Waals surface area contributed by atoms with Crippen molar-refractivity contribution in [3.8, 4) is 56.9 Å². The third-order valence-electron chi connectivity index (χ3n) is 7.69. The van der Waals surface area contributed by atoms with Crippen molar-refractivity contribution in [3.05, 3.63) is 108 Å². The van der Waals surface area contributed by atoms with Gasteiger partial charge in [0.25, 0.3) is 0 Å². The van der Waals surface area contributed by atoms with Crippen molar-refractivity contribution in [1.29, 1.82) is 0 Å². The van der Waals surface area contributed by atoms with Gasteiger partial charge in [-0.1, -0.05) is 35.4 Å². The largest absolute Gasteiger partial charge is 0.454 e. The van der Waals surface area contributed by atoms with Crippen LogP contribution in [0.15, 0.2) is 97.1 Å². The number of ether oxygens (including phenoxy) is 4. The van der Waals surface area contributed by atoms with Crippen molar-refractivity contribution in [1.82, 2.24) is 9.13 Å². The van der Waals surface area contributed by atoms with Crippen molar-refractivity contribution >= 4 is 11.0 Å². The van der Waals surface area contributed by atoms with E-state index in [0.29, 0.717) is 0 Å². The molecule has 8 rings (SSSR count). The Hall–Kier alpha value is -5.10. The molecule has 6 nitrogen and oxygen atoms in total. The molecule has 0 spiro atoms. The summed E-state index contributed by atoms with van der Waals surface area (Å²) in [6.45, 7) is 4.72. The highest BCUT2D eigenvalue weighted by Crippen LogP contribution is 2.43. The average Bonchev–Trinajstić information content (AvgIpc) is 3.76. The molecule has 4 aromatic carbocycles. The predicted octanol–water partition coefficient (Wildman–Crippen LogP) is 7.83. The van der Waals surface area contributed by atoms with Crippen LogP contribution in [0.25, 0.3) is 44.9 Å². The smallest absolute Gasteiger partial charge is 0.231 e. The zero-order chi connectivity index (χ0) is 26.8. The van der Waals surface area contributed by atoms with Crippen LogP contribution in [0.3, 0.4) is 0 Å². The lowest BCUT2D eigenvalue weighted by Gasteiger charge is -2.13. The summed E-state index contributed by atoms with van der Waals surface area (Å²) in [5.41, 5.74) is 11.1. The Kier molecular flexibility index (Phi) is 4.98. The monoisotopic (exact) mass is 526 g/mol. The van der Waals surface area contributed by atoms with Crippen LogP contribution in [0.2, 0.25) is 0 Å². The zero-order valence-corrected chi connectivity index (χ0v) is 22.2. The van der Waals surface area contributed by atoms with Crippen molar-refractivity contribution in [2.75, 3.05) is 13.6 Å². The molecule has 0 unspecified atom stereocenters. The molecule has 0 aliphatic carbocycles. The molecule has 0 saturated heterocycles. The first kappa shape index (κ1) is 22.8. The lowest BCUT2D eigenvalue weighted by Crippen LogP contribution is -1.97. The Morgan fingerprint density at radius 2 is 0.850 bits per heavy atom. The molecule has 0 saturated carbocycles. The Bertz CT molecular complexity index is 1770. The van der Waals surface area contributed by atoms with E-state index in [4.69, 9.17) is 18.9 Å². The van der Waals surface area contributed by atoms with Crippen LogP contribution in [-0.2, 0) is 0 Å². The van der Waals surface area contributed by atoms with Crippen molar-refractivity contribution < 1.29 is 18.9 Å². The van der Waals surface area contributed by atoms with Crippen molar-refractivity contribution in [3.63, 3.8) is 0 Å². The molecule has 4 heterocycles. The Balaban J connectivity index is 1.43. The van der Waals surface area contributed by atoms with E-state index in [1.807, 2.05) is 12.1 Å². The minimum Gasteiger partial charge on any atom is -0.454 e. The second-order valence-electron chi connectivity index (χ2n) is 10.3. The molecule has 2 aromatic heterocycles. The number of fused-ring (bicyclic) bond motifs is 3. The van der Waals surface area contributed by atoms with E-state index in [-0.39, 0.29) is 13.6 Å². The highest BCUT2D eigenvalue weighted by Gasteiger charge is 2.23. The van der Waals surface area contributed by atoms with Gasteiger partial charge in [-0.25, -0.2) is 0 Å². The van der Waals surface area contributed by atoms with Crippen LogP contribution >= 0.6 is 0 Å². The minimum absolute atomic E-state index is 0.247. The number of nitrogens with zero attached hydrogens (tertiary/aromatic N) is 2. The first-order valence-electron chi connectivity index (χ1n) is 13.3. The Labute approximate surface area is 231 Å². The fraction of sp³-hybridized carbons (Fsp3) is 0.118. The topological polar surface area (TPSA) is 46.8 Å². The molecule has 2 aliphatic rings. The van der Waals surface area contributed by atoms with Gasteiger partial charge in [0.05, 0.1) is 22.4 Å². The van der Waals surface area contributed by atoms with Crippen LogP contribution in [0, 0.1) is 13.8 Å². The highest BCUT2D eigenvalue weighted by molar-refractivity contribution is 5.94. The minimum atomic E-state index is 0.247.